The Morgan fingerprint density at radius 3 is 2.47 bits per heavy atom. The lowest BCUT2D eigenvalue weighted by molar-refractivity contribution is 0.321. The van der Waals surface area contributed by atoms with Crippen LogP contribution in [0.2, 0.25) is 0 Å². The standard InChI is InChI=1S/C15H24N2/c1-3-16-11-13-7-9-15(10-8-13)17(2)12-14-5-4-6-14/h7-10,14,16H,3-6,11-12H2,1-2H3. The molecule has 1 fully saturated rings. The van der Waals surface area contributed by atoms with Gasteiger partial charge in [-0.05, 0) is 43.0 Å². The number of anilines is 1. The monoisotopic (exact) mass is 232 g/mol. The predicted octanol–water partition coefficient (Wildman–Crippen LogP) is 3.03. The van der Waals surface area contributed by atoms with Crippen molar-refractivity contribution in [3.63, 3.8) is 0 Å². The lowest BCUT2D eigenvalue weighted by atomic mass is 9.85. The van der Waals surface area contributed by atoms with Crippen LogP contribution in [-0.4, -0.2) is 20.1 Å². The van der Waals surface area contributed by atoms with Gasteiger partial charge in [0.05, 0.1) is 0 Å². The van der Waals surface area contributed by atoms with Gasteiger partial charge in [0.2, 0.25) is 0 Å². The van der Waals surface area contributed by atoms with Gasteiger partial charge in [-0.25, -0.2) is 0 Å². The van der Waals surface area contributed by atoms with Gasteiger partial charge in [0, 0.05) is 25.8 Å². The van der Waals surface area contributed by atoms with Crippen molar-refractivity contribution in [1.29, 1.82) is 0 Å². The highest BCUT2D eigenvalue weighted by Crippen LogP contribution is 2.28. The number of hydrogen-bond acceptors (Lipinski definition) is 2. The Labute approximate surface area is 105 Å². The van der Waals surface area contributed by atoms with E-state index in [-0.39, 0.29) is 0 Å². The summed E-state index contributed by atoms with van der Waals surface area (Å²) in [5.41, 5.74) is 2.71. The Kier molecular flexibility index (Phi) is 4.43. The van der Waals surface area contributed by atoms with Crippen molar-refractivity contribution in [2.24, 2.45) is 5.92 Å². The van der Waals surface area contributed by atoms with Gasteiger partial charge in [-0.3, -0.25) is 0 Å². The summed E-state index contributed by atoms with van der Waals surface area (Å²) in [5.74, 6) is 0.932. The van der Waals surface area contributed by atoms with E-state index in [1.165, 1.54) is 37.1 Å². The fourth-order valence-corrected chi connectivity index (χ4v) is 2.31. The first-order valence-corrected chi connectivity index (χ1v) is 6.80. The molecule has 2 nitrogen and oxygen atoms in total. The topological polar surface area (TPSA) is 15.3 Å². The fraction of sp³-hybridized carbons (Fsp3) is 0.600. The van der Waals surface area contributed by atoms with Gasteiger partial charge < -0.3 is 10.2 Å². The van der Waals surface area contributed by atoms with Crippen molar-refractivity contribution in [3.05, 3.63) is 29.8 Å². The van der Waals surface area contributed by atoms with Crippen LogP contribution in [0.1, 0.15) is 31.7 Å². The highest BCUT2D eigenvalue weighted by Gasteiger charge is 2.19. The van der Waals surface area contributed by atoms with Gasteiger partial charge in [0.15, 0.2) is 0 Å². The van der Waals surface area contributed by atoms with Gasteiger partial charge in [-0.15, -0.1) is 0 Å². The molecule has 0 atom stereocenters. The van der Waals surface area contributed by atoms with E-state index >= 15 is 0 Å². The van der Waals surface area contributed by atoms with E-state index in [4.69, 9.17) is 0 Å². The SMILES string of the molecule is CCNCc1ccc(N(C)CC2CCC2)cc1. The molecule has 0 spiro atoms. The Hall–Kier alpha value is -1.02. The van der Waals surface area contributed by atoms with Crippen LogP contribution in [0.3, 0.4) is 0 Å². The second-order valence-corrected chi connectivity index (χ2v) is 5.12. The van der Waals surface area contributed by atoms with Gasteiger partial charge in [-0.1, -0.05) is 25.5 Å². The van der Waals surface area contributed by atoms with E-state index in [0.717, 1.165) is 19.0 Å². The summed E-state index contributed by atoms with van der Waals surface area (Å²) >= 11 is 0. The molecule has 1 aliphatic carbocycles. The minimum absolute atomic E-state index is 0.932. The summed E-state index contributed by atoms with van der Waals surface area (Å²) in [6, 6.07) is 8.95. The summed E-state index contributed by atoms with van der Waals surface area (Å²) < 4.78 is 0. The van der Waals surface area contributed by atoms with Crippen LogP contribution >= 0.6 is 0 Å². The fourth-order valence-electron chi connectivity index (χ4n) is 2.31. The van der Waals surface area contributed by atoms with Crippen molar-refractivity contribution < 1.29 is 0 Å². The van der Waals surface area contributed by atoms with Crippen LogP contribution < -0.4 is 10.2 Å². The lowest BCUT2D eigenvalue weighted by Crippen LogP contribution is -2.29. The number of rotatable bonds is 6. The number of benzene rings is 1. The first-order chi connectivity index (χ1) is 8.29. The minimum atomic E-state index is 0.932. The predicted molar refractivity (Wildman–Crippen MR) is 74.4 cm³/mol. The quantitative estimate of drug-likeness (QED) is 0.811. The molecule has 17 heavy (non-hydrogen) atoms. The normalized spacial score (nSPS) is 15.6. The van der Waals surface area contributed by atoms with Crippen LogP contribution in [0, 0.1) is 5.92 Å². The molecule has 0 amide bonds. The van der Waals surface area contributed by atoms with Crippen molar-refractivity contribution in [2.45, 2.75) is 32.7 Å². The highest BCUT2D eigenvalue weighted by atomic mass is 15.1. The Balaban J connectivity index is 1.87. The summed E-state index contributed by atoms with van der Waals surface area (Å²) in [7, 11) is 2.21. The zero-order chi connectivity index (χ0) is 12.1. The van der Waals surface area contributed by atoms with E-state index in [1.54, 1.807) is 0 Å². The van der Waals surface area contributed by atoms with Crippen molar-refractivity contribution >= 4 is 5.69 Å². The summed E-state index contributed by atoms with van der Waals surface area (Å²) in [6.45, 7) is 5.36. The van der Waals surface area contributed by atoms with Crippen molar-refractivity contribution in [2.75, 3.05) is 25.0 Å². The van der Waals surface area contributed by atoms with Crippen LogP contribution in [0.15, 0.2) is 24.3 Å². The minimum Gasteiger partial charge on any atom is -0.374 e. The van der Waals surface area contributed by atoms with Crippen molar-refractivity contribution in [1.82, 2.24) is 5.32 Å². The Morgan fingerprint density at radius 1 is 1.24 bits per heavy atom. The van der Waals surface area contributed by atoms with Crippen molar-refractivity contribution in [3.8, 4) is 0 Å². The molecule has 0 heterocycles. The molecule has 1 N–H and O–H groups in total. The van der Waals surface area contributed by atoms with Gasteiger partial charge in [0.1, 0.15) is 0 Å². The number of hydrogen-bond donors (Lipinski definition) is 1. The lowest BCUT2D eigenvalue weighted by Gasteiger charge is -2.31. The maximum absolute atomic E-state index is 3.35. The zero-order valence-corrected chi connectivity index (χ0v) is 11.1. The Bertz CT molecular complexity index is 327. The average molecular weight is 232 g/mol. The Morgan fingerprint density at radius 2 is 1.94 bits per heavy atom. The van der Waals surface area contributed by atoms with E-state index in [0.29, 0.717) is 0 Å². The molecule has 0 saturated heterocycles. The highest BCUT2D eigenvalue weighted by molar-refractivity contribution is 5.46. The molecule has 1 aromatic rings. The third-order valence-electron chi connectivity index (χ3n) is 3.71. The van der Waals surface area contributed by atoms with Gasteiger partial charge in [-0.2, -0.15) is 0 Å². The van der Waals surface area contributed by atoms with E-state index in [9.17, 15) is 0 Å². The maximum atomic E-state index is 3.35. The number of nitrogens with zero attached hydrogens (tertiary/aromatic N) is 1. The molecule has 2 rings (SSSR count). The molecule has 1 aliphatic rings. The molecule has 2 heteroatoms. The van der Waals surface area contributed by atoms with Crippen LogP contribution in [0.4, 0.5) is 5.69 Å². The van der Waals surface area contributed by atoms with Gasteiger partial charge >= 0.3 is 0 Å². The molecule has 0 aromatic heterocycles. The maximum Gasteiger partial charge on any atom is 0.0363 e. The first kappa shape index (κ1) is 12.4. The molecule has 0 bridgehead atoms. The molecule has 0 unspecified atom stereocenters. The number of nitrogens with one attached hydrogen (secondary N) is 1. The van der Waals surface area contributed by atoms with E-state index < -0.39 is 0 Å². The third-order valence-corrected chi connectivity index (χ3v) is 3.71. The molecule has 1 aromatic carbocycles. The molecular weight excluding hydrogens is 208 g/mol. The summed E-state index contributed by atoms with van der Waals surface area (Å²) in [6.07, 6.45) is 4.27. The third kappa shape index (κ3) is 3.47. The summed E-state index contributed by atoms with van der Waals surface area (Å²) in [5, 5.41) is 3.35. The zero-order valence-electron chi connectivity index (χ0n) is 11.1. The second-order valence-electron chi connectivity index (χ2n) is 5.12. The molecule has 94 valence electrons. The molecule has 1 saturated carbocycles. The first-order valence-electron chi connectivity index (χ1n) is 6.80. The average Bonchev–Trinajstić information content (AvgIpc) is 2.31. The van der Waals surface area contributed by atoms with Crippen LogP contribution in [-0.2, 0) is 6.54 Å². The molecular formula is C15H24N2. The van der Waals surface area contributed by atoms with Crippen LogP contribution in [0.25, 0.3) is 0 Å². The van der Waals surface area contributed by atoms with E-state index in [1.807, 2.05) is 0 Å². The molecule has 0 radical (unpaired) electrons. The largest absolute Gasteiger partial charge is 0.374 e. The smallest absolute Gasteiger partial charge is 0.0363 e. The molecule has 0 aliphatic heterocycles. The van der Waals surface area contributed by atoms with Gasteiger partial charge in [0.25, 0.3) is 0 Å². The second kappa shape index (κ2) is 6.06. The van der Waals surface area contributed by atoms with Crippen LogP contribution in [0.5, 0.6) is 0 Å². The van der Waals surface area contributed by atoms with E-state index in [2.05, 4.69) is 48.5 Å². The summed E-state index contributed by atoms with van der Waals surface area (Å²) in [4.78, 5) is 2.39.